The van der Waals surface area contributed by atoms with E-state index in [9.17, 15) is 9.59 Å². The zero-order chi connectivity index (χ0) is 17.6. The van der Waals surface area contributed by atoms with Crippen molar-refractivity contribution in [1.29, 1.82) is 0 Å². The predicted octanol–water partition coefficient (Wildman–Crippen LogP) is 3.28. The first-order valence-electron chi connectivity index (χ1n) is 8.61. The fourth-order valence-electron chi connectivity index (χ4n) is 2.94. The number of benzene rings is 2. The maximum Gasteiger partial charge on any atom is 0.253 e. The van der Waals surface area contributed by atoms with Crippen LogP contribution in [0.1, 0.15) is 28.8 Å². The monoisotopic (exact) mass is 337 g/mol. The standard InChI is InChI=1S/C20H23N3O2/c1-15-5-4-6-18(13-15)22-19(24)14-21-17-9-7-16(8-10-17)20(25)23-11-2-3-12-23/h4-10,13,21H,2-3,11-12,14H2,1H3,(H,22,24). The van der Waals surface area contributed by atoms with Crippen molar-refractivity contribution in [3.05, 3.63) is 59.7 Å². The molecule has 0 aliphatic carbocycles. The van der Waals surface area contributed by atoms with Gasteiger partial charge in [-0.15, -0.1) is 0 Å². The van der Waals surface area contributed by atoms with E-state index in [0.717, 1.165) is 42.9 Å². The van der Waals surface area contributed by atoms with Gasteiger partial charge >= 0.3 is 0 Å². The Hall–Kier alpha value is -2.82. The number of likely N-dealkylation sites (tertiary alicyclic amines) is 1. The first kappa shape index (κ1) is 17.0. The van der Waals surface area contributed by atoms with Crippen molar-refractivity contribution in [1.82, 2.24) is 4.90 Å². The molecule has 2 aromatic carbocycles. The third-order valence-electron chi connectivity index (χ3n) is 4.28. The SMILES string of the molecule is Cc1cccc(NC(=O)CNc2ccc(C(=O)N3CCCC3)cc2)c1. The first-order valence-corrected chi connectivity index (χ1v) is 8.61. The van der Waals surface area contributed by atoms with E-state index < -0.39 is 0 Å². The summed E-state index contributed by atoms with van der Waals surface area (Å²) in [5.74, 6) is -0.0240. The minimum absolute atomic E-state index is 0.0845. The molecule has 1 fully saturated rings. The average molecular weight is 337 g/mol. The first-order chi connectivity index (χ1) is 12.1. The average Bonchev–Trinajstić information content (AvgIpc) is 3.14. The second kappa shape index (κ2) is 7.83. The molecule has 3 rings (SSSR count). The highest BCUT2D eigenvalue weighted by Crippen LogP contribution is 2.15. The van der Waals surface area contributed by atoms with Crippen molar-refractivity contribution < 1.29 is 9.59 Å². The van der Waals surface area contributed by atoms with Crippen molar-refractivity contribution in [2.45, 2.75) is 19.8 Å². The Morgan fingerprint density at radius 2 is 1.72 bits per heavy atom. The number of hydrogen-bond donors (Lipinski definition) is 2. The van der Waals surface area contributed by atoms with Gasteiger partial charge in [0, 0.05) is 30.0 Å². The molecular formula is C20H23N3O2. The quantitative estimate of drug-likeness (QED) is 0.880. The number of nitrogens with zero attached hydrogens (tertiary/aromatic N) is 1. The molecule has 130 valence electrons. The number of hydrogen-bond acceptors (Lipinski definition) is 3. The van der Waals surface area contributed by atoms with Crippen LogP contribution in [0, 0.1) is 6.92 Å². The van der Waals surface area contributed by atoms with Gasteiger partial charge in [-0.2, -0.15) is 0 Å². The summed E-state index contributed by atoms with van der Waals surface area (Å²) >= 11 is 0. The van der Waals surface area contributed by atoms with Gasteiger partial charge in [0.25, 0.3) is 5.91 Å². The van der Waals surface area contributed by atoms with Crippen molar-refractivity contribution in [3.63, 3.8) is 0 Å². The van der Waals surface area contributed by atoms with Gasteiger partial charge < -0.3 is 15.5 Å². The van der Waals surface area contributed by atoms with E-state index in [1.165, 1.54) is 0 Å². The zero-order valence-electron chi connectivity index (χ0n) is 14.4. The summed E-state index contributed by atoms with van der Waals surface area (Å²) in [6, 6.07) is 15.0. The largest absolute Gasteiger partial charge is 0.376 e. The van der Waals surface area contributed by atoms with Gasteiger partial charge in [-0.05, 0) is 61.7 Å². The van der Waals surface area contributed by atoms with Crippen molar-refractivity contribution in [2.24, 2.45) is 0 Å². The minimum atomic E-state index is -0.109. The Labute approximate surface area is 148 Å². The van der Waals surface area contributed by atoms with Crippen LogP contribution in [0.5, 0.6) is 0 Å². The summed E-state index contributed by atoms with van der Waals surface area (Å²) < 4.78 is 0. The van der Waals surface area contributed by atoms with Gasteiger partial charge in [-0.25, -0.2) is 0 Å². The molecule has 1 aliphatic heterocycles. The van der Waals surface area contributed by atoms with Crippen LogP contribution >= 0.6 is 0 Å². The smallest absolute Gasteiger partial charge is 0.253 e. The highest BCUT2D eigenvalue weighted by molar-refractivity contribution is 5.95. The molecule has 2 amide bonds. The summed E-state index contributed by atoms with van der Waals surface area (Å²) in [4.78, 5) is 26.2. The molecule has 0 bridgehead atoms. The van der Waals surface area contributed by atoms with Crippen molar-refractivity contribution in [3.8, 4) is 0 Å². The molecule has 5 nitrogen and oxygen atoms in total. The molecule has 1 saturated heterocycles. The van der Waals surface area contributed by atoms with Crippen molar-refractivity contribution >= 4 is 23.2 Å². The van der Waals surface area contributed by atoms with E-state index in [4.69, 9.17) is 0 Å². The summed E-state index contributed by atoms with van der Waals surface area (Å²) in [7, 11) is 0. The fourth-order valence-corrected chi connectivity index (χ4v) is 2.94. The maximum atomic E-state index is 12.3. The number of carbonyl (C=O) groups is 2. The van der Waals surface area contributed by atoms with Gasteiger partial charge in [0.05, 0.1) is 6.54 Å². The summed E-state index contributed by atoms with van der Waals surface area (Å²) in [5, 5.41) is 5.94. The Balaban J connectivity index is 1.51. The van der Waals surface area contributed by atoms with Crippen LogP contribution in [-0.4, -0.2) is 36.3 Å². The van der Waals surface area contributed by atoms with Gasteiger partial charge in [0.1, 0.15) is 0 Å². The van der Waals surface area contributed by atoms with Crippen LogP contribution < -0.4 is 10.6 Å². The molecule has 25 heavy (non-hydrogen) atoms. The van der Waals surface area contributed by atoms with Crippen LogP contribution in [0.15, 0.2) is 48.5 Å². The third kappa shape index (κ3) is 4.59. The van der Waals surface area contributed by atoms with Crippen molar-refractivity contribution in [2.75, 3.05) is 30.3 Å². The highest BCUT2D eigenvalue weighted by atomic mass is 16.2. The lowest BCUT2D eigenvalue weighted by Gasteiger charge is -2.15. The lowest BCUT2D eigenvalue weighted by Crippen LogP contribution is -2.27. The molecule has 2 N–H and O–H groups in total. The van der Waals surface area contributed by atoms with E-state index in [1.54, 1.807) is 12.1 Å². The molecule has 0 aromatic heterocycles. The molecule has 0 radical (unpaired) electrons. The molecule has 1 aliphatic rings. The molecule has 0 atom stereocenters. The molecule has 5 heteroatoms. The molecule has 1 heterocycles. The number of aryl methyl sites for hydroxylation is 1. The Kier molecular flexibility index (Phi) is 5.33. The van der Waals surface area contributed by atoms with E-state index in [2.05, 4.69) is 10.6 Å². The Morgan fingerprint density at radius 1 is 1.00 bits per heavy atom. The van der Waals surface area contributed by atoms with Crippen LogP contribution in [0.2, 0.25) is 0 Å². The maximum absolute atomic E-state index is 12.3. The Bertz CT molecular complexity index is 750. The number of carbonyl (C=O) groups excluding carboxylic acids is 2. The van der Waals surface area contributed by atoms with E-state index in [1.807, 2.05) is 48.2 Å². The second-order valence-corrected chi connectivity index (χ2v) is 6.35. The van der Waals surface area contributed by atoms with Gasteiger partial charge in [0.15, 0.2) is 0 Å². The van der Waals surface area contributed by atoms with Gasteiger partial charge in [-0.1, -0.05) is 12.1 Å². The van der Waals surface area contributed by atoms with Gasteiger partial charge in [0.2, 0.25) is 5.91 Å². The zero-order valence-corrected chi connectivity index (χ0v) is 14.4. The van der Waals surface area contributed by atoms with Crippen LogP contribution in [0.25, 0.3) is 0 Å². The second-order valence-electron chi connectivity index (χ2n) is 6.35. The topological polar surface area (TPSA) is 61.4 Å². The molecular weight excluding hydrogens is 314 g/mol. The lowest BCUT2D eigenvalue weighted by molar-refractivity contribution is -0.114. The third-order valence-corrected chi connectivity index (χ3v) is 4.28. The van der Waals surface area contributed by atoms with Gasteiger partial charge in [-0.3, -0.25) is 9.59 Å². The summed E-state index contributed by atoms with van der Waals surface area (Å²) in [6.07, 6.45) is 2.17. The van der Waals surface area contributed by atoms with E-state index >= 15 is 0 Å². The molecule has 0 unspecified atom stereocenters. The van der Waals surface area contributed by atoms with Crippen LogP contribution in [0.3, 0.4) is 0 Å². The van der Waals surface area contributed by atoms with Crippen LogP contribution in [-0.2, 0) is 4.79 Å². The highest BCUT2D eigenvalue weighted by Gasteiger charge is 2.19. The Morgan fingerprint density at radius 3 is 2.40 bits per heavy atom. The predicted molar refractivity (Wildman–Crippen MR) is 99.9 cm³/mol. The number of amides is 2. The number of rotatable bonds is 5. The molecule has 0 saturated carbocycles. The molecule has 0 spiro atoms. The fraction of sp³-hybridized carbons (Fsp3) is 0.300. The van der Waals surface area contributed by atoms with Crippen LogP contribution in [0.4, 0.5) is 11.4 Å². The number of anilines is 2. The molecule has 2 aromatic rings. The minimum Gasteiger partial charge on any atom is -0.376 e. The normalized spacial score (nSPS) is 13.6. The lowest BCUT2D eigenvalue weighted by atomic mass is 10.2. The van der Waals surface area contributed by atoms with E-state index in [-0.39, 0.29) is 18.4 Å². The number of nitrogens with one attached hydrogen (secondary N) is 2. The van der Waals surface area contributed by atoms with E-state index in [0.29, 0.717) is 5.56 Å². The summed E-state index contributed by atoms with van der Waals surface area (Å²) in [6.45, 7) is 3.85. The summed E-state index contributed by atoms with van der Waals surface area (Å²) in [5.41, 5.74) is 3.40.